The second-order valence-corrected chi connectivity index (χ2v) is 8.75. The zero-order valence-electron chi connectivity index (χ0n) is 25.1. The van der Waals surface area contributed by atoms with Crippen molar-refractivity contribution in [2.75, 3.05) is 14.7 Å². The van der Waals surface area contributed by atoms with Gasteiger partial charge in [-0.15, -0.1) is 0 Å². The molecule has 0 saturated heterocycles. The number of anilines is 3. The van der Waals surface area contributed by atoms with Crippen LogP contribution in [0.5, 0.6) is 0 Å². The summed E-state index contributed by atoms with van der Waals surface area (Å²) in [5.74, 6) is -1.69. The summed E-state index contributed by atoms with van der Waals surface area (Å²) in [5, 5.41) is 0. The minimum Gasteiger partial charge on any atom is -0.269 e. The Morgan fingerprint density at radius 3 is 0.682 bits per heavy atom. The molecule has 0 bridgehead atoms. The Hall–Kier alpha value is -5.70. The second-order valence-electron chi connectivity index (χ2n) is 8.75. The molecule has 0 fully saturated rings. The van der Waals surface area contributed by atoms with Crippen molar-refractivity contribution in [3.63, 3.8) is 0 Å². The Bertz CT molecular complexity index is 1290. The zero-order valence-corrected chi connectivity index (χ0v) is 25.1. The maximum Gasteiger partial charge on any atom is 0.258 e. The minimum absolute atomic E-state index is 0.281. The molecule has 3 aliphatic rings. The van der Waals surface area contributed by atoms with Crippen LogP contribution in [0.3, 0.4) is 0 Å². The molecule has 0 radical (unpaired) electrons. The van der Waals surface area contributed by atoms with Crippen LogP contribution >= 0.6 is 0 Å². The van der Waals surface area contributed by atoms with Gasteiger partial charge in [0.2, 0.25) is 0 Å². The number of para-hydroxylation sites is 3. The number of carbonyl (C=O) groups excluding carboxylic acids is 6. The van der Waals surface area contributed by atoms with Crippen LogP contribution in [0.15, 0.2) is 127 Å². The van der Waals surface area contributed by atoms with E-state index in [1.165, 1.54) is 42.9 Å². The van der Waals surface area contributed by atoms with Gasteiger partial charge in [0, 0.05) is 36.5 Å². The van der Waals surface area contributed by atoms with E-state index in [2.05, 4.69) is 13.8 Å². The molecule has 9 heteroatoms. The normalized spacial score (nSPS) is 14.3. The smallest absolute Gasteiger partial charge is 0.258 e. The van der Waals surface area contributed by atoms with E-state index in [0.717, 1.165) is 14.7 Å². The van der Waals surface area contributed by atoms with Crippen LogP contribution in [-0.4, -0.2) is 35.4 Å². The number of rotatable bonds is 3. The monoisotopic (exact) mass is 593 g/mol. The van der Waals surface area contributed by atoms with Crippen molar-refractivity contribution in [2.24, 2.45) is 0 Å². The number of hydrogen-bond acceptors (Lipinski definition) is 6. The molecule has 0 unspecified atom stereocenters. The fourth-order valence-corrected chi connectivity index (χ4v) is 3.70. The van der Waals surface area contributed by atoms with Crippen molar-refractivity contribution >= 4 is 52.5 Å². The number of amides is 6. The number of carbonyl (C=O) groups is 6. The molecule has 3 aliphatic heterocycles. The largest absolute Gasteiger partial charge is 0.269 e. The molecule has 0 spiro atoms. The molecule has 0 aliphatic carbocycles. The topological polar surface area (TPSA) is 112 Å². The van der Waals surface area contributed by atoms with Gasteiger partial charge < -0.3 is 0 Å². The summed E-state index contributed by atoms with van der Waals surface area (Å²) in [5.41, 5.74) is 1.84. The third kappa shape index (κ3) is 9.42. The van der Waals surface area contributed by atoms with Crippen LogP contribution in [-0.2, 0) is 28.8 Å². The van der Waals surface area contributed by atoms with Crippen molar-refractivity contribution < 1.29 is 28.8 Å². The zero-order chi connectivity index (χ0) is 32.5. The predicted octanol–water partition coefficient (Wildman–Crippen LogP) is 5.79. The Balaban J connectivity index is 0.000000214. The van der Waals surface area contributed by atoms with Crippen molar-refractivity contribution in [3.8, 4) is 0 Å². The van der Waals surface area contributed by atoms with E-state index in [1.54, 1.807) is 72.8 Å². The molecule has 0 atom stereocenters. The van der Waals surface area contributed by atoms with Gasteiger partial charge in [-0.2, -0.15) is 0 Å². The van der Waals surface area contributed by atoms with E-state index < -0.39 is 0 Å². The first-order valence-corrected chi connectivity index (χ1v) is 14.1. The summed E-state index contributed by atoms with van der Waals surface area (Å²) in [4.78, 5) is 70.6. The first-order chi connectivity index (χ1) is 21.3. The van der Waals surface area contributed by atoms with Gasteiger partial charge in [0.25, 0.3) is 35.4 Å². The highest BCUT2D eigenvalue weighted by Crippen LogP contribution is 2.19. The highest BCUT2D eigenvalue weighted by molar-refractivity contribution is 6.29. The highest BCUT2D eigenvalue weighted by atomic mass is 16.2. The van der Waals surface area contributed by atoms with Gasteiger partial charge in [0.15, 0.2) is 0 Å². The Morgan fingerprint density at radius 2 is 0.523 bits per heavy atom. The third-order valence-electron chi connectivity index (χ3n) is 5.47. The van der Waals surface area contributed by atoms with Crippen molar-refractivity contribution in [1.29, 1.82) is 0 Å². The van der Waals surface area contributed by atoms with Crippen LogP contribution in [0.25, 0.3) is 0 Å². The molecule has 0 aromatic heterocycles. The average molecular weight is 594 g/mol. The number of benzene rings is 3. The second kappa shape index (κ2) is 18.0. The maximum absolute atomic E-state index is 11.2. The minimum atomic E-state index is -0.281. The Kier molecular flexibility index (Phi) is 14.1. The van der Waals surface area contributed by atoms with E-state index >= 15 is 0 Å². The van der Waals surface area contributed by atoms with E-state index in [1.807, 2.05) is 32.0 Å². The van der Waals surface area contributed by atoms with Gasteiger partial charge in [0.1, 0.15) is 0 Å². The number of nitrogens with zero attached hydrogens (tertiary/aromatic N) is 3. The average Bonchev–Trinajstić information content (AvgIpc) is 3.70. The van der Waals surface area contributed by atoms with Gasteiger partial charge >= 0.3 is 0 Å². The maximum atomic E-state index is 11.2. The highest BCUT2D eigenvalue weighted by Gasteiger charge is 2.26. The molecule has 3 heterocycles. The lowest BCUT2D eigenvalue weighted by Gasteiger charge is -2.12. The molecule has 3 aromatic carbocycles. The lowest BCUT2D eigenvalue weighted by atomic mass is 10.3. The molecule has 0 N–H and O–H groups in total. The quantitative estimate of drug-likeness (QED) is 0.356. The van der Waals surface area contributed by atoms with Crippen molar-refractivity contribution in [2.45, 2.75) is 34.1 Å². The van der Waals surface area contributed by atoms with Crippen molar-refractivity contribution in [3.05, 3.63) is 127 Å². The van der Waals surface area contributed by atoms with Crippen LogP contribution in [0.1, 0.15) is 34.1 Å². The summed E-state index contributed by atoms with van der Waals surface area (Å²) >= 11 is 0. The van der Waals surface area contributed by atoms with E-state index in [0.29, 0.717) is 17.1 Å². The van der Waals surface area contributed by atoms with E-state index in [4.69, 9.17) is 0 Å². The lowest BCUT2D eigenvalue weighted by Crippen LogP contribution is -2.29. The molecular weight excluding hydrogens is 558 g/mol. The fourth-order valence-electron chi connectivity index (χ4n) is 3.70. The molecular formula is C35H35N3O6. The van der Waals surface area contributed by atoms with Gasteiger partial charge in [-0.05, 0) is 36.4 Å². The van der Waals surface area contributed by atoms with Gasteiger partial charge in [-0.1, -0.05) is 88.7 Å². The third-order valence-corrected chi connectivity index (χ3v) is 5.47. The lowest BCUT2D eigenvalue weighted by molar-refractivity contribution is -0.121. The van der Waals surface area contributed by atoms with Gasteiger partial charge in [-0.3, -0.25) is 28.8 Å². The first-order valence-electron chi connectivity index (χ1n) is 14.1. The summed E-state index contributed by atoms with van der Waals surface area (Å²) in [6.45, 7) is 8.25. The Labute approximate surface area is 257 Å². The molecule has 9 nitrogen and oxygen atoms in total. The van der Waals surface area contributed by atoms with E-state index in [9.17, 15) is 28.8 Å². The summed E-state index contributed by atoms with van der Waals surface area (Å²) in [6.07, 6.45) is 8.89. The van der Waals surface area contributed by atoms with Crippen molar-refractivity contribution in [1.82, 2.24) is 0 Å². The molecule has 3 aromatic rings. The molecule has 6 amide bonds. The van der Waals surface area contributed by atoms with Crippen LogP contribution in [0, 0.1) is 0 Å². The van der Waals surface area contributed by atoms with Gasteiger partial charge in [-0.25, -0.2) is 14.7 Å². The molecule has 6 rings (SSSR count). The summed E-state index contributed by atoms with van der Waals surface area (Å²) in [7, 11) is 0. The van der Waals surface area contributed by atoms with Crippen LogP contribution in [0.4, 0.5) is 17.1 Å². The molecule has 0 saturated carbocycles. The Morgan fingerprint density at radius 1 is 0.364 bits per heavy atom. The fraction of sp³-hybridized carbons (Fsp3) is 0.143. The number of imide groups is 3. The standard InChI is InChI=1S/3C10H7NO2.C3H8.C2H6/c3*12-9-6-7-10(13)11(9)8-4-2-1-3-5-8;1-3-2;1-2/h3*1-7H;3H2,1-2H3;1-2H3. The van der Waals surface area contributed by atoms with Gasteiger partial charge in [0.05, 0.1) is 17.1 Å². The summed E-state index contributed by atoms with van der Waals surface area (Å²) in [6, 6.07) is 26.6. The summed E-state index contributed by atoms with van der Waals surface area (Å²) < 4.78 is 0. The van der Waals surface area contributed by atoms with E-state index in [-0.39, 0.29) is 35.4 Å². The number of hydrogen-bond donors (Lipinski definition) is 0. The predicted molar refractivity (Wildman–Crippen MR) is 172 cm³/mol. The SMILES string of the molecule is CC.CCC.O=C1C=CC(=O)N1c1ccccc1.O=C1C=CC(=O)N1c1ccccc1.O=C1C=CC(=O)N1c1ccccc1. The molecule has 226 valence electrons. The first kappa shape index (κ1) is 34.5. The van der Waals surface area contributed by atoms with Crippen LogP contribution < -0.4 is 14.7 Å². The molecule has 44 heavy (non-hydrogen) atoms. The van der Waals surface area contributed by atoms with Crippen LogP contribution in [0.2, 0.25) is 0 Å².